The predicted molar refractivity (Wildman–Crippen MR) is 102 cm³/mol. The molecular formula is C19H12ClN3O3S. The van der Waals surface area contributed by atoms with Crippen molar-refractivity contribution in [3.05, 3.63) is 80.6 Å². The molecule has 0 aliphatic carbocycles. The van der Waals surface area contributed by atoms with E-state index in [0.717, 1.165) is 4.90 Å². The highest BCUT2D eigenvalue weighted by molar-refractivity contribution is 7.07. The summed E-state index contributed by atoms with van der Waals surface area (Å²) in [4.78, 5) is 43.6. The van der Waals surface area contributed by atoms with E-state index in [2.05, 4.69) is 4.99 Å². The first kappa shape index (κ1) is 17.4. The van der Waals surface area contributed by atoms with Crippen LogP contribution < -0.4 is 9.70 Å². The number of carbonyl (C=O) groups excluding carboxylic acids is 3. The number of amides is 3. The van der Waals surface area contributed by atoms with Crippen LogP contribution in [-0.2, 0) is 7.05 Å². The van der Waals surface area contributed by atoms with E-state index in [1.54, 1.807) is 42.1 Å². The number of benzene rings is 2. The van der Waals surface area contributed by atoms with Crippen LogP contribution in [0.5, 0.6) is 0 Å². The smallest absolute Gasteiger partial charge is 0.279 e. The van der Waals surface area contributed by atoms with Gasteiger partial charge in [0.15, 0.2) is 4.80 Å². The zero-order valence-electron chi connectivity index (χ0n) is 14.0. The van der Waals surface area contributed by atoms with Gasteiger partial charge in [-0.15, -0.1) is 11.3 Å². The number of thiazole rings is 1. The molecule has 6 nitrogen and oxygen atoms in total. The molecule has 1 aromatic heterocycles. The van der Waals surface area contributed by atoms with Gasteiger partial charge >= 0.3 is 0 Å². The third-order valence-electron chi connectivity index (χ3n) is 4.18. The number of aryl methyl sites for hydroxylation is 1. The number of rotatable bonds is 2. The molecule has 0 saturated heterocycles. The van der Waals surface area contributed by atoms with E-state index < -0.39 is 17.7 Å². The molecule has 4 rings (SSSR count). The quantitative estimate of drug-likeness (QED) is 0.623. The van der Waals surface area contributed by atoms with Crippen molar-refractivity contribution >= 4 is 46.3 Å². The fourth-order valence-electron chi connectivity index (χ4n) is 2.81. The van der Waals surface area contributed by atoms with Crippen LogP contribution in [0, 0.1) is 0 Å². The maximum atomic E-state index is 12.8. The van der Waals surface area contributed by atoms with Gasteiger partial charge in [-0.1, -0.05) is 23.7 Å². The van der Waals surface area contributed by atoms with E-state index in [0.29, 0.717) is 15.5 Å². The Morgan fingerprint density at radius 3 is 2.52 bits per heavy atom. The highest BCUT2D eigenvalue weighted by Gasteiger charge is 2.38. The molecule has 0 saturated carbocycles. The molecule has 0 atom stereocenters. The Morgan fingerprint density at radius 1 is 1.07 bits per heavy atom. The van der Waals surface area contributed by atoms with Crippen molar-refractivity contribution in [2.24, 2.45) is 12.0 Å². The lowest BCUT2D eigenvalue weighted by molar-refractivity contribution is 0.0925. The average Bonchev–Trinajstić information content (AvgIpc) is 3.17. The van der Waals surface area contributed by atoms with E-state index in [-0.39, 0.29) is 16.7 Å². The fourth-order valence-corrected chi connectivity index (χ4v) is 3.76. The van der Waals surface area contributed by atoms with Crippen molar-refractivity contribution in [3.63, 3.8) is 0 Å². The third kappa shape index (κ3) is 2.90. The Kier molecular flexibility index (Phi) is 4.25. The van der Waals surface area contributed by atoms with E-state index in [4.69, 9.17) is 11.6 Å². The molecule has 3 amide bonds. The van der Waals surface area contributed by atoms with E-state index in [1.165, 1.54) is 29.5 Å². The minimum Gasteiger partial charge on any atom is -0.327 e. The van der Waals surface area contributed by atoms with Gasteiger partial charge in [-0.2, -0.15) is 4.99 Å². The van der Waals surface area contributed by atoms with Gasteiger partial charge in [0, 0.05) is 24.2 Å². The van der Waals surface area contributed by atoms with Gasteiger partial charge < -0.3 is 4.57 Å². The molecule has 8 heteroatoms. The van der Waals surface area contributed by atoms with Crippen molar-refractivity contribution in [1.29, 1.82) is 0 Å². The number of imide groups is 1. The first-order valence-electron chi connectivity index (χ1n) is 7.94. The monoisotopic (exact) mass is 397 g/mol. The van der Waals surface area contributed by atoms with E-state index in [1.807, 2.05) is 5.38 Å². The predicted octanol–water partition coefficient (Wildman–Crippen LogP) is 3.28. The second-order valence-corrected chi connectivity index (χ2v) is 7.15. The molecule has 0 N–H and O–H groups in total. The van der Waals surface area contributed by atoms with Crippen LogP contribution in [0.25, 0.3) is 0 Å². The third-order valence-corrected chi connectivity index (χ3v) is 5.35. The van der Waals surface area contributed by atoms with Crippen LogP contribution in [0.3, 0.4) is 0 Å². The molecule has 0 radical (unpaired) electrons. The zero-order valence-corrected chi connectivity index (χ0v) is 15.6. The summed E-state index contributed by atoms with van der Waals surface area (Å²) in [6, 6.07) is 11.0. The van der Waals surface area contributed by atoms with Crippen LogP contribution >= 0.6 is 22.9 Å². The summed E-state index contributed by atoms with van der Waals surface area (Å²) in [6.45, 7) is 0. The summed E-state index contributed by atoms with van der Waals surface area (Å²) in [6.07, 6.45) is 1.79. The number of carbonyl (C=O) groups is 3. The highest BCUT2D eigenvalue weighted by Crippen LogP contribution is 2.33. The summed E-state index contributed by atoms with van der Waals surface area (Å²) in [5.41, 5.74) is 0.951. The molecule has 27 heavy (non-hydrogen) atoms. The van der Waals surface area contributed by atoms with Crippen molar-refractivity contribution in [2.75, 3.05) is 4.90 Å². The number of para-hydroxylation sites is 1. The van der Waals surface area contributed by atoms with Crippen LogP contribution in [0.4, 0.5) is 5.69 Å². The maximum absolute atomic E-state index is 12.8. The largest absolute Gasteiger partial charge is 0.327 e. The number of hydrogen-bond acceptors (Lipinski definition) is 4. The van der Waals surface area contributed by atoms with Crippen LogP contribution in [0.1, 0.15) is 31.1 Å². The lowest BCUT2D eigenvalue weighted by atomic mass is 10.1. The van der Waals surface area contributed by atoms with Gasteiger partial charge in [-0.05, 0) is 30.3 Å². The Hall–Kier alpha value is -3.03. The van der Waals surface area contributed by atoms with Crippen molar-refractivity contribution in [2.45, 2.75) is 0 Å². The summed E-state index contributed by atoms with van der Waals surface area (Å²) in [5.74, 6) is -1.46. The van der Waals surface area contributed by atoms with Crippen LogP contribution in [0.15, 0.2) is 59.0 Å². The van der Waals surface area contributed by atoms with E-state index >= 15 is 0 Å². The minimum atomic E-state index is -0.514. The average molecular weight is 398 g/mol. The van der Waals surface area contributed by atoms with Gasteiger partial charge in [-0.3, -0.25) is 14.4 Å². The van der Waals surface area contributed by atoms with Gasteiger partial charge in [0.25, 0.3) is 17.7 Å². The number of nitrogens with zero attached hydrogens (tertiary/aromatic N) is 3. The number of halogens is 1. The second kappa shape index (κ2) is 6.61. The highest BCUT2D eigenvalue weighted by atomic mass is 35.5. The Balaban J connectivity index is 1.74. The second-order valence-electron chi connectivity index (χ2n) is 5.87. The fraction of sp³-hybridized carbons (Fsp3) is 0.0526. The van der Waals surface area contributed by atoms with Crippen molar-refractivity contribution < 1.29 is 14.4 Å². The van der Waals surface area contributed by atoms with Gasteiger partial charge in [0.05, 0.1) is 21.8 Å². The number of hydrogen-bond donors (Lipinski definition) is 0. The van der Waals surface area contributed by atoms with Gasteiger partial charge in [-0.25, -0.2) is 4.90 Å². The molecule has 0 unspecified atom stereocenters. The Labute approximate surface area is 163 Å². The molecule has 134 valence electrons. The lowest BCUT2D eigenvalue weighted by Crippen LogP contribution is -2.29. The summed E-state index contributed by atoms with van der Waals surface area (Å²) in [5, 5.41) is 2.11. The summed E-state index contributed by atoms with van der Waals surface area (Å²) >= 11 is 7.47. The molecule has 3 aromatic rings. The molecule has 0 spiro atoms. The Bertz CT molecular complexity index is 1180. The normalized spacial score (nSPS) is 14.0. The topological polar surface area (TPSA) is 71.7 Å². The molecule has 2 aromatic carbocycles. The number of aromatic nitrogens is 1. The van der Waals surface area contributed by atoms with Gasteiger partial charge in [0.1, 0.15) is 0 Å². The minimum absolute atomic E-state index is 0.163. The zero-order chi connectivity index (χ0) is 19.1. The van der Waals surface area contributed by atoms with E-state index in [9.17, 15) is 14.4 Å². The number of fused-ring (bicyclic) bond motifs is 1. The summed E-state index contributed by atoms with van der Waals surface area (Å²) < 4.78 is 1.73. The first-order valence-corrected chi connectivity index (χ1v) is 9.19. The maximum Gasteiger partial charge on any atom is 0.279 e. The van der Waals surface area contributed by atoms with Crippen LogP contribution in [-0.4, -0.2) is 22.3 Å². The standard InChI is InChI=1S/C19H12ClN3O3S/c1-22-8-9-27-19(22)21-16(24)11-6-7-12-13(10-11)18(26)23(17(12)25)15-5-3-2-4-14(15)20/h2-10H,1H3. The summed E-state index contributed by atoms with van der Waals surface area (Å²) in [7, 11) is 1.79. The number of anilines is 1. The Morgan fingerprint density at radius 2 is 1.81 bits per heavy atom. The van der Waals surface area contributed by atoms with Gasteiger partial charge in [0.2, 0.25) is 0 Å². The molecule has 0 bridgehead atoms. The molecule has 0 fully saturated rings. The molecule has 1 aliphatic rings. The molecular weight excluding hydrogens is 386 g/mol. The SMILES string of the molecule is Cn1ccsc1=NC(=O)c1ccc2c(c1)C(=O)N(c1ccccc1Cl)C2=O. The van der Waals surface area contributed by atoms with Crippen molar-refractivity contribution in [3.8, 4) is 0 Å². The lowest BCUT2D eigenvalue weighted by Gasteiger charge is -2.15. The van der Waals surface area contributed by atoms with Crippen LogP contribution in [0.2, 0.25) is 5.02 Å². The van der Waals surface area contributed by atoms with Crippen molar-refractivity contribution in [1.82, 2.24) is 4.57 Å². The first-order chi connectivity index (χ1) is 13.0. The molecule has 2 heterocycles. The molecule has 1 aliphatic heterocycles.